The van der Waals surface area contributed by atoms with Gasteiger partial charge < -0.3 is 10.4 Å². The van der Waals surface area contributed by atoms with Crippen LogP contribution in [0.4, 0.5) is 5.69 Å². The van der Waals surface area contributed by atoms with E-state index in [1.807, 2.05) is 12.1 Å². The first kappa shape index (κ1) is 11.1. The molecule has 1 rings (SSSR count). The largest absolute Gasteiger partial charge is 0.396 e. The van der Waals surface area contributed by atoms with Crippen LogP contribution in [0.5, 0.6) is 0 Å². The predicted octanol–water partition coefficient (Wildman–Crippen LogP) is 2.43. The number of hydrogen-bond acceptors (Lipinski definition) is 2. The van der Waals surface area contributed by atoms with E-state index in [1.165, 1.54) is 18.4 Å². The standard InChI is InChI=1S/C12H19NO/c1-2-3-9-13-12-7-5-4-6-11(12)8-10-14/h4-7,13-14H,2-3,8-10H2,1H3. The van der Waals surface area contributed by atoms with Crippen molar-refractivity contribution in [3.8, 4) is 0 Å². The smallest absolute Gasteiger partial charge is 0.0472 e. The van der Waals surface area contributed by atoms with Crippen LogP contribution < -0.4 is 5.32 Å². The summed E-state index contributed by atoms with van der Waals surface area (Å²) in [5, 5.41) is 12.3. The van der Waals surface area contributed by atoms with Crippen molar-refractivity contribution in [1.29, 1.82) is 0 Å². The zero-order chi connectivity index (χ0) is 10.2. The minimum absolute atomic E-state index is 0.215. The lowest BCUT2D eigenvalue weighted by molar-refractivity contribution is 0.300. The maximum absolute atomic E-state index is 8.89. The van der Waals surface area contributed by atoms with E-state index in [-0.39, 0.29) is 6.61 Å². The topological polar surface area (TPSA) is 32.3 Å². The first-order valence-corrected chi connectivity index (χ1v) is 5.31. The van der Waals surface area contributed by atoms with Gasteiger partial charge in [-0.25, -0.2) is 0 Å². The van der Waals surface area contributed by atoms with Crippen LogP contribution in [0.25, 0.3) is 0 Å². The number of nitrogens with one attached hydrogen (secondary N) is 1. The molecular formula is C12H19NO. The molecule has 78 valence electrons. The highest BCUT2D eigenvalue weighted by Crippen LogP contribution is 2.15. The first-order chi connectivity index (χ1) is 6.88. The molecule has 0 heterocycles. The summed E-state index contributed by atoms with van der Waals surface area (Å²) in [5.41, 5.74) is 2.36. The molecule has 1 aromatic carbocycles. The third-order valence-electron chi connectivity index (χ3n) is 2.24. The molecule has 0 spiro atoms. The molecule has 0 atom stereocenters. The molecule has 0 aliphatic heterocycles. The van der Waals surface area contributed by atoms with Crippen LogP contribution in [0.1, 0.15) is 25.3 Å². The lowest BCUT2D eigenvalue weighted by Gasteiger charge is -2.10. The number of rotatable bonds is 6. The predicted molar refractivity (Wildman–Crippen MR) is 60.6 cm³/mol. The van der Waals surface area contributed by atoms with Gasteiger partial charge in [-0.15, -0.1) is 0 Å². The van der Waals surface area contributed by atoms with Crippen molar-refractivity contribution >= 4 is 5.69 Å². The van der Waals surface area contributed by atoms with Crippen molar-refractivity contribution in [2.75, 3.05) is 18.5 Å². The molecular weight excluding hydrogens is 174 g/mol. The average molecular weight is 193 g/mol. The Morgan fingerprint density at radius 2 is 2.07 bits per heavy atom. The third-order valence-corrected chi connectivity index (χ3v) is 2.24. The molecule has 2 heteroatoms. The summed E-state index contributed by atoms with van der Waals surface area (Å²) in [6, 6.07) is 8.16. The van der Waals surface area contributed by atoms with Gasteiger partial charge >= 0.3 is 0 Å². The lowest BCUT2D eigenvalue weighted by atomic mass is 10.1. The Kier molecular flexibility index (Phi) is 5.08. The minimum Gasteiger partial charge on any atom is -0.396 e. The van der Waals surface area contributed by atoms with Gasteiger partial charge in [0, 0.05) is 18.8 Å². The third kappa shape index (κ3) is 3.38. The summed E-state index contributed by atoms with van der Waals surface area (Å²) >= 11 is 0. The number of hydrogen-bond donors (Lipinski definition) is 2. The van der Waals surface area contributed by atoms with Crippen LogP contribution in [0, 0.1) is 0 Å². The van der Waals surface area contributed by atoms with Gasteiger partial charge in [0.25, 0.3) is 0 Å². The molecule has 1 aromatic rings. The molecule has 0 radical (unpaired) electrons. The Labute approximate surface area is 86.0 Å². The van der Waals surface area contributed by atoms with E-state index in [0.717, 1.165) is 18.7 Å². The Bertz CT molecular complexity index is 260. The second-order valence-corrected chi connectivity index (χ2v) is 3.41. The van der Waals surface area contributed by atoms with Crippen LogP contribution in [-0.4, -0.2) is 18.3 Å². The highest BCUT2D eigenvalue weighted by molar-refractivity contribution is 5.51. The van der Waals surface area contributed by atoms with Gasteiger partial charge in [0.1, 0.15) is 0 Å². The van der Waals surface area contributed by atoms with Crippen molar-refractivity contribution in [3.05, 3.63) is 29.8 Å². The molecule has 0 unspecified atom stereocenters. The number of aliphatic hydroxyl groups excluding tert-OH is 1. The molecule has 0 saturated heterocycles. The monoisotopic (exact) mass is 193 g/mol. The van der Waals surface area contributed by atoms with Crippen LogP contribution in [0.3, 0.4) is 0 Å². The zero-order valence-electron chi connectivity index (χ0n) is 8.79. The number of aliphatic hydroxyl groups is 1. The van der Waals surface area contributed by atoms with Crippen LogP contribution >= 0.6 is 0 Å². The van der Waals surface area contributed by atoms with E-state index in [2.05, 4.69) is 24.4 Å². The maximum Gasteiger partial charge on any atom is 0.0472 e. The number of anilines is 1. The van der Waals surface area contributed by atoms with Gasteiger partial charge in [-0.3, -0.25) is 0 Å². The normalized spacial score (nSPS) is 10.1. The van der Waals surface area contributed by atoms with E-state index < -0.39 is 0 Å². The van der Waals surface area contributed by atoms with Gasteiger partial charge in [-0.2, -0.15) is 0 Å². The van der Waals surface area contributed by atoms with Crippen LogP contribution in [-0.2, 0) is 6.42 Å². The van der Waals surface area contributed by atoms with E-state index >= 15 is 0 Å². The van der Waals surface area contributed by atoms with Gasteiger partial charge in [-0.05, 0) is 24.5 Å². The Balaban J connectivity index is 2.55. The van der Waals surface area contributed by atoms with Gasteiger partial charge in [0.15, 0.2) is 0 Å². The highest BCUT2D eigenvalue weighted by Gasteiger charge is 1.99. The fourth-order valence-electron chi connectivity index (χ4n) is 1.43. The van der Waals surface area contributed by atoms with Crippen molar-refractivity contribution in [1.82, 2.24) is 0 Å². The summed E-state index contributed by atoms with van der Waals surface area (Å²) < 4.78 is 0. The van der Waals surface area contributed by atoms with E-state index in [1.54, 1.807) is 0 Å². The molecule has 0 aromatic heterocycles. The second kappa shape index (κ2) is 6.44. The SMILES string of the molecule is CCCCNc1ccccc1CCO. The first-order valence-electron chi connectivity index (χ1n) is 5.31. The molecule has 0 aliphatic carbocycles. The number of para-hydroxylation sites is 1. The second-order valence-electron chi connectivity index (χ2n) is 3.41. The zero-order valence-corrected chi connectivity index (χ0v) is 8.79. The Morgan fingerprint density at radius 3 is 2.79 bits per heavy atom. The summed E-state index contributed by atoms with van der Waals surface area (Å²) in [5.74, 6) is 0. The van der Waals surface area contributed by atoms with Gasteiger partial charge in [0.2, 0.25) is 0 Å². The molecule has 0 amide bonds. The minimum atomic E-state index is 0.215. The van der Waals surface area contributed by atoms with Crippen LogP contribution in [0.2, 0.25) is 0 Å². The molecule has 0 aliphatic rings. The van der Waals surface area contributed by atoms with E-state index in [4.69, 9.17) is 5.11 Å². The molecule has 0 fully saturated rings. The summed E-state index contributed by atoms with van der Waals surface area (Å²) in [4.78, 5) is 0. The summed E-state index contributed by atoms with van der Waals surface area (Å²) in [7, 11) is 0. The van der Waals surface area contributed by atoms with Crippen LogP contribution in [0.15, 0.2) is 24.3 Å². The molecule has 2 nitrogen and oxygen atoms in total. The van der Waals surface area contributed by atoms with E-state index in [9.17, 15) is 0 Å². The fraction of sp³-hybridized carbons (Fsp3) is 0.500. The number of unbranched alkanes of at least 4 members (excludes halogenated alkanes) is 1. The van der Waals surface area contributed by atoms with E-state index in [0.29, 0.717) is 0 Å². The lowest BCUT2D eigenvalue weighted by Crippen LogP contribution is -2.04. The van der Waals surface area contributed by atoms with Gasteiger partial charge in [-0.1, -0.05) is 31.5 Å². The van der Waals surface area contributed by atoms with Crippen molar-refractivity contribution in [3.63, 3.8) is 0 Å². The quantitative estimate of drug-likeness (QED) is 0.680. The summed E-state index contributed by atoms with van der Waals surface area (Å²) in [6.45, 7) is 3.41. The van der Waals surface area contributed by atoms with Crippen molar-refractivity contribution < 1.29 is 5.11 Å². The fourth-order valence-corrected chi connectivity index (χ4v) is 1.43. The molecule has 0 bridgehead atoms. The average Bonchev–Trinajstić information content (AvgIpc) is 2.21. The molecule has 14 heavy (non-hydrogen) atoms. The van der Waals surface area contributed by atoms with Crippen molar-refractivity contribution in [2.45, 2.75) is 26.2 Å². The molecule has 2 N–H and O–H groups in total. The summed E-state index contributed by atoms with van der Waals surface area (Å²) in [6.07, 6.45) is 3.12. The maximum atomic E-state index is 8.89. The molecule has 0 saturated carbocycles. The van der Waals surface area contributed by atoms with Crippen molar-refractivity contribution in [2.24, 2.45) is 0 Å². The Hall–Kier alpha value is -1.02. The Morgan fingerprint density at radius 1 is 1.29 bits per heavy atom. The highest BCUT2D eigenvalue weighted by atomic mass is 16.2. The number of benzene rings is 1. The van der Waals surface area contributed by atoms with Gasteiger partial charge in [0.05, 0.1) is 0 Å².